The zero-order valence-corrected chi connectivity index (χ0v) is 12.8. The lowest BCUT2D eigenvalue weighted by Gasteiger charge is -2.08. The van der Waals surface area contributed by atoms with Gasteiger partial charge in [0.25, 0.3) is 0 Å². The molecule has 1 heterocycles. The zero-order valence-electron chi connectivity index (χ0n) is 11.9. The van der Waals surface area contributed by atoms with Gasteiger partial charge in [0.15, 0.2) is 0 Å². The van der Waals surface area contributed by atoms with Gasteiger partial charge in [0.1, 0.15) is 5.82 Å². The summed E-state index contributed by atoms with van der Waals surface area (Å²) in [5, 5.41) is 6.76. The van der Waals surface area contributed by atoms with E-state index in [0.717, 1.165) is 29.6 Å². The van der Waals surface area contributed by atoms with Crippen LogP contribution in [0.5, 0.6) is 0 Å². The number of thioether (sulfide) groups is 1. The Balaban J connectivity index is 1.95. The Morgan fingerprint density at radius 2 is 2.09 bits per heavy atom. The maximum absolute atomic E-state index is 12.6. The van der Waals surface area contributed by atoms with Gasteiger partial charge in [-0.1, -0.05) is 6.07 Å². The smallest absolute Gasteiger partial charge is 0.310 e. The van der Waals surface area contributed by atoms with Crippen molar-refractivity contribution < 1.29 is 18.0 Å². The standard InChI is InChI=1S/C14H14F3N3OS/c1-9-6-12(20(2)19-9)18-13(21)8-22-11-5-3-4-10(7-11)14(15,16)17/h3-7H,8H2,1-2H3,(H,18,21). The second-order valence-electron chi connectivity index (χ2n) is 4.66. The van der Waals surface area contributed by atoms with Crippen molar-refractivity contribution in [3.8, 4) is 0 Å². The SMILES string of the molecule is Cc1cc(NC(=O)CSc2cccc(C(F)(F)F)c2)n(C)n1. The number of alkyl halides is 3. The highest BCUT2D eigenvalue weighted by molar-refractivity contribution is 8.00. The largest absolute Gasteiger partial charge is 0.416 e. The average molecular weight is 329 g/mol. The van der Waals surface area contributed by atoms with Gasteiger partial charge >= 0.3 is 6.18 Å². The predicted octanol–water partition coefficient (Wildman–Crippen LogP) is 3.48. The number of nitrogens with zero attached hydrogens (tertiary/aromatic N) is 2. The van der Waals surface area contributed by atoms with E-state index in [1.165, 1.54) is 10.7 Å². The van der Waals surface area contributed by atoms with Crippen LogP contribution in [0.1, 0.15) is 11.3 Å². The molecule has 0 saturated heterocycles. The molecule has 2 aromatic rings. The van der Waals surface area contributed by atoms with Crippen molar-refractivity contribution >= 4 is 23.5 Å². The van der Waals surface area contributed by atoms with Crippen LogP contribution in [0.25, 0.3) is 0 Å². The van der Waals surface area contributed by atoms with Crippen molar-refractivity contribution in [2.45, 2.75) is 18.0 Å². The number of aryl methyl sites for hydroxylation is 2. The van der Waals surface area contributed by atoms with Crippen LogP contribution in [0.15, 0.2) is 35.2 Å². The van der Waals surface area contributed by atoms with Gasteiger partial charge < -0.3 is 5.32 Å². The Bertz CT molecular complexity index is 682. The summed E-state index contributed by atoms with van der Waals surface area (Å²) < 4.78 is 39.3. The van der Waals surface area contributed by atoms with Crippen molar-refractivity contribution in [2.75, 3.05) is 11.1 Å². The van der Waals surface area contributed by atoms with Crippen LogP contribution in [0.2, 0.25) is 0 Å². The molecule has 2 rings (SSSR count). The molecule has 0 unspecified atom stereocenters. The quantitative estimate of drug-likeness (QED) is 0.874. The van der Waals surface area contributed by atoms with E-state index in [0.29, 0.717) is 10.7 Å². The number of anilines is 1. The lowest BCUT2D eigenvalue weighted by atomic mass is 10.2. The summed E-state index contributed by atoms with van der Waals surface area (Å²) in [6.07, 6.45) is -4.38. The van der Waals surface area contributed by atoms with Gasteiger partial charge in [-0.15, -0.1) is 11.8 Å². The van der Waals surface area contributed by atoms with E-state index >= 15 is 0 Å². The number of aromatic nitrogens is 2. The molecule has 0 saturated carbocycles. The minimum absolute atomic E-state index is 0.0194. The molecule has 22 heavy (non-hydrogen) atoms. The van der Waals surface area contributed by atoms with Gasteiger partial charge in [-0.25, -0.2) is 0 Å². The molecule has 8 heteroatoms. The van der Waals surface area contributed by atoms with Crippen molar-refractivity contribution in [1.29, 1.82) is 0 Å². The fraction of sp³-hybridized carbons (Fsp3) is 0.286. The second-order valence-corrected chi connectivity index (χ2v) is 5.71. The first-order valence-corrected chi connectivity index (χ1v) is 7.35. The third-order valence-electron chi connectivity index (χ3n) is 2.80. The van der Waals surface area contributed by atoms with Gasteiger partial charge in [-0.05, 0) is 25.1 Å². The average Bonchev–Trinajstić information content (AvgIpc) is 2.74. The molecule has 0 radical (unpaired) electrons. The van der Waals surface area contributed by atoms with Gasteiger partial charge in [0, 0.05) is 18.0 Å². The molecule has 0 atom stereocenters. The summed E-state index contributed by atoms with van der Waals surface area (Å²) in [5.41, 5.74) is 0.0449. The molecule has 1 aromatic heterocycles. The molecule has 0 spiro atoms. The molecule has 0 fully saturated rings. The number of amides is 1. The number of carbonyl (C=O) groups is 1. The molecule has 1 amide bonds. The van der Waals surface area contributed by atoms with Crippen molar-refractivity contribution in [3.05, 3.63) is 41.6 Å². The number of hydrogen-bond donors (Lipinski definition) is 1. The van der Waals surface area contributed by atoms with E-state index in [2.05, 4.69) is 10.4 Å². The van der Waals surface area contributed by atoms with Crippen LogP contribution < -0.4 is 5.32 Å². The molecule has 0 aliphatic carbocycles. The second kappa shape index (κ2) is 6.43. The topological polar surface area (TPSA) is 46.9 Å². The highest BCUT2D eigenvalue weighted by Crippen LogP contribution is 2.31. The highest BCUT2D eigenvalue weighted by Gasteiger charge is 2.30. The summed E-state index contributed by atoms with van der Waals surface area (Å²) in [7, 11) is 1.70. The van der Waals surface area contributed by atoms with Crippen molar-refractivity contribution in [1.82, 2.24) is 9.78 Å². The van der Waals surface area contributed by atoms with E-state index in [1.807, 2.05) is 0 Å². The number of halogens is 3. The van der Waals surface area contributed by atoms with E-state index in [9.17, 15) is 18.0 Å². The van der Waals surface area contributed by atoms with Crippen molar-refractivity contribution in [2.24, 2.45) is 7.05 Å². The summed E-state index contributed by atoms with van der Waals surface area (Å²) in [4.78, 5) is 12.2. The van der Waals surface area contributed by atoms with Crippen LogP contribution in [-0.4, -0.2) is 21.4 Å². The Hall–Kier alpha value is -1.96. The highest BCUT2D eigenvalue weighted by atomic mass is 32.2. The Morgan fingerprint density at radius 1 is 1.36 bits per heavy atom. The number of rotatable bonds is 4. The lowest BCUT2D eigenvalue weighted by molar-refractivity contribution is -0.137. The van der Waals surface area contributed by atoms with Gasteiger partial charge in [-0.3, -0.25) is 9.48 Å². The van der Waals surface area contributed by atoms with E-state index in [4.69, 9.17) is 0 Å². The maximum atomic E-state index is 12.6. The number of benzene rings is 1. The first-order valence-electron chi connectivity index (χ1n) is 6.36. The first-order chi connectivity index (χ1) is 10.3. The predicted molar refractivity (Wildman–Crippen MR) is 78.7 cm³/mol. The summed E-state index contributed by atoms with van der Waals surface area (Å²) in [6, 6.07) is 6.62. The molecule has 0 bridgehead atoms. The molecule has 4 nitrogen and oxygen atoms in total. The minimum atomic E-state index is -4.38. The zero-order chi connectivity index (χ0) is 16.3. The summed E-state index contributed by atoms with van der Waals surface area (Å²) >= 11 is 1.05. The summed E-state index contributed by atoms with van der Waals surface area (Å²) in [6.45, 7) is 1.80. The van der Waals surface area contributed by atoms with Crippen LogP contribution in [0.3, 0.4) is 0 Å². The Labute approximate surface area is 129 Å². The molecule has 0 aliphatic rings. The fourth-order valence-electron chi connectivity index (χ4n) is 1.82. The molecule has 118 valence electrons. The molecular formula is C14H14F3N3OS. The van der Waals surface area contributed by atoms with Crippen LogP contribution in [-0.2, 0) is 18.0 Å². The van der Waals surface area contributed by atoms with E-state index < -0.39 is 11.7 Å². The van der Waals surface area contributed by atoms with Crippen LogP contribution >= 0.6 is 11.8 Å². The summed E-state index contributed by atoms with van der Waals surface area (Å²) in [5.74, 6) is 0.267. The lowest BCUT2D eigenvalue weighted by Crippen LogP contribution is -2.16. The minimum Gasteiger partial charge on any atom is -0.310 e. The number of hydrogen-bond acceptors (Lipinski definition) is 3. The van der Waals surface area contributed by atoms with E-state index in [-0.39, 0.29) is 11.7 Å². The van der Waals surface area contributed by atoms with Crippen LogP contribution in [0, 0.1) is 6.92 Å². The third-order valence-corrected chi connectivity index (χ3v) is 3.79. The molecule has 1 N–H and O–H groups in total. The Morgan fingerprint density at radius 3 is 2.68 bits per heavy atom. The fourth-order valence-corrected chi connectivity index (χ4v) is 2.57. The monoisotopic (exact) mass is 329 g/mol. The molecule has 0 aliphatic heterocycles. The number of nitrogens with one attached hydrogen (secondary N) is 1. The van der Waals surface area contributed by atoms with Gasteiger partial charge in [0.2, 0.25) is 5.91 Å². The number of carbonyl (C=O) groups excluding carboxylic acids is 1. The van der Waals surface area contributed by atoms with Gasteiger partial charge in [-0.2, -0.15) is 18.3 Å². The molecular weight excluding hydrogens is 315 g/mol. The Kier molecular flexibility index (Phi) is 4.80. The molecule has 1 aromatic carbocycles. The normalized spacial score (nSPS) is 11.5. The van der Waals surface area contributed by atoms with Crippen LogP contribution in [0.4, 0.5) is 19.0 Å². The van der Waals surface area contributed by atoms with Crippen molar-refractivity contribution in [3.63, 3.8) is 0 Å². The van der Waals surface area contributed by atoms with E-state index in [1.54, 1.807) is 26.1 Å². The third kappa shape index (κ3) is 4.27. The van der Waals surface area contributed by atoms with Gasteiger partial charge in [0.05, 0.1) is 17.0 Å². The maximum Gasteiger partial charge on any atom is 0.416 e. The first kappa shape index (κ1) is 16.4.